The number of imidazole rings is 1. The Labute approximate surface area is 211 Å². The predicted molar refractivity (Wildman–Crippen MR) is 141 cm³/mol. The van der Waals surface area contributed by atoms with Crippen molar-refractivity contribution in [2.75, 3.05) is 12.0 Å². The van der Waals surface area contributed by atoms with Gasteiger partial charge in [-0.15, -0.1) is 0 Å². The van der Waals surface area contributed by atoms with E-state index in [0.29, 0.717) is 33.8 Å². The number of H-pyrrole nitrogens is 2. The van der Waals surface area contributed by atoms with Crippen LogP contribution >= 0.6 is 0 Å². The maximum Gasteiger partial charge on any atom is 0.181 e. The highest BCUT2D eigenvalue weighted by molar-refractivity contribution is 7.90. The number of benzene rings is 2. The zero-order valence-corrected chi connectivity index (χ0v) is 20.6. The summed E-state index contributed by atoms with van der Waals surface area (Å²) in [4.78, 5) is 16.8. The normalized spacial score (nSPS) is 11.9. The number of halogens is 1. The topological polar surface area (TPSA) is 117 Å². The van der Waals surface area contributed by atoms with Gasteiger partial charge in [-0.3, -0.25) is 10.1 Å². The molecule has 0 bridgehead atoms. The first-order valence-electron chi connectivity index (χ1n) is 11.6. The fraction of sp³-hybridized carbons (Fsp3) is 0.111. The highest BCUT2D eigenvalue weighted by Crippen LogP contribution is 2.33. The van der Waals surface area contributed by atoms with Gasteiger partial charge in [-0.25, -0.2) is 22.8 Å². The lowest BCUT2D eigenvalue weighted by molar-refractivity contribution is 0.600. The van der Waals surface area contributed by atoms with Crippen molar-refractivity contribution in [3.8, 4) is 33.8 Å². The standard InChI is InChI=1S/C27H21FN6O2S/c1-37(35,36)9-7-16-10-18(12-20(28)11-16)21-5-2-6-23-24(21)32-27(31-23)25-22-13-19(15-30-26(22)34-33-25)17-4-3-8-29-14-17/h2-6,8,10-15H,7,9H2,1H3,(H,31,32)(H,30,33,34). The van der Waals surface area contributed by atoms with Crippen LogP contribution in [0.5, 0.6) is 0 Å². The van der Waals surface area contributed by atoms with Gasteiger partial charge in [-0.05, 0) is 47.9 Å². The van der Waals surface area contributed by atoms with E-state index < -0.39 is 15.7 Å². The molecule has 4 aromatic heterocycles. The van der Waals surface area contributed by atoms with E-state index in [1.165, 1.54) is 18.4 Å². The first kappa shape index (κ1) is 23.0. The first-order chi connectivity index (χ1) is 17.8. The largest absolute Gasteiger partial charge is 0.337 e. The zero-order chi connectivity index (χ0) is 25.6. The maximum absolute atomic E-state index is 14.5. The van der Waals surface area contributed by atoms with Crippen LogP contribution in [0.15, 0.2) is 73.2 Å². The van der Waals surface area contributed by atoms with E-state index in [1.54, 1.807) is 18.6 Å². The lowest BCUT2D eigenvalue weighted by atomic mass is 10.0. The van der Waals surface area contributed by atoms with E-state index in [4.69, 9.17) is 4.98 Å². The Hall–Kier alpha value is -4.44. The third kappa shape index (κ3) is 4.58. The number of nitrogens with one attached hydrogen (secondary N) is 2. The molecule has 0 atom stereocenters. The van der Waals surface area contributed by atoms with Crippen LogP contribution in [0.4, 0.5) is 4.39 Å². The average molecular weight is 513 g/mol. The molecule has 0 aliphatic heterocycles. The molecule has 10 heteroatoms. The molecular weight excluding hydrogens is 491 g/mol. The Morgan fingerprint density at radius 3 is 2.68 bits per heavy atom. The van der Waals surface area contributed by atoms with Crippen LogP contribution < -0.4 is 0 Å². The molecule has 0 saturated heterocycles. The van der Waals surface area contributed by atoms with Crippen molar-refractivity contribution < 1.29 is 12.8 Å². The van der Waals surface area contributed by atoms with Gasteiger partial charge >= 0.3 is 0 Å². The number of fused-ring (bicyclic) bond motifs is 2. The van der Waals surface area contributed by atoms with Gasteiger partial charge in [0.2, 0.25) is 0 Å². The van der Waals surface area contributed by atoms with Crippen LogP contribution in [0.1, 0.15) is 5.56 Å². The molecule has 2 N–H and O–H groups in total. The summed E-state index contributed by atoms with van der Waals surface area (Å²) in [6.45, 7) is 0. The van der Waals surface area contributed by atoms with Crippen molar-refractivity contribution in [2.45, 2.75) is 6.42 Å². The summed E-state index contributed by atoms with van der Waals surface area (Å²) >= 11 is 0. The summed E-state index contributed by atoms with van der Waals surface area (Å²) in [6, 6.07) is 16.1. The number of hydrogen-bond acceptors (Lipinski definition) is 6. The Morgan fingerprint density at radius 2 is 1.86 bits per heavy atom. The minimum Gasteiger partial charge on any atom is -0.337 e. The fourth-order valence-electron chi connectivity index (χ4n) is 4.41. The molecule has 0 aliphatic carbocycles. The Balaban J connectivity index is 1.44. The van der Waals surface area contributed by atoms with Crippen LogP contribution in [-0.4, -0.2) is 50.6 Å². The molecule has 6 aromatic rings. The second-order valence-corrected chi connectivity index (χ2v) is 11.2. The number of aryl methyl sites for hydroxylation is 1. The summed E-state index contributed by atoms with van der Waals surface area (Å²) in [5.74, 6) is 0.0975. The Bertz CT molecular complexity index is 1880. The van der Waals surface area contributed by atoms with E-state index in [0.717, 1.165) is 27.6 Å². The van der Waals surface area contributed by atoms with Crippen molar-refractivity contribution >= 4 is 31.9 Å². The lowest BCUT2D eigenvalue weighted by Gasteiger charge is -2.07. The molecule has 2 aromatic carbocycles. The number of sulfone groups is 1. The third-order valence-electron chi connectivity index (χ3n) is 6.18. The second-order valence-electron chi connectivity index (χ2n) is 8.95. The third-order valence-corrected chi connectivity index (χ3v) is 7.13. The number of hydrogen-bond donors (Lipinski definition) is 2. The summed E-state index contributed by atoms with van der Waals surface area (Å²) in [6.07, 6.45) is 6.66. The molecule has 6 rings (SSSR count). The summed E-state index contributed by atoms with van der Waals surface area (Å²) < 4.78 is 37.7. The number of nitrogens with zero attached hydrogens (tertiary/aromatic N) is 4. The quantitative estimate of drug-likeness (QED) is 0.326. The predicted octanol–water partition coefficient (Wildman–Crippen LogP) is 4.96. The summed E-state index contributed by atoms with van der Waals surface area (Å²) in [7, 11) is -3.17. The zero-order valence-electron chi connectivity index (χ0n) is 19.7. The van der Waals surface area contributed by atoms with Gasteiger partial charge < -0.3 is 4.98 Å². The van der Waals surface area contributed by atoms with Gasteiger partial charge in [0.05, 0.1) is 22.2 Å². The van der Waals surface area contributed by atoms with Gasteiger partial charge in [-0.2, -0.15) is 5.10 Å². The smallest absolute Gasteiger partial charge is 0.181 e. The molecule has 0 saturated carbocycles. The van der Waals surface area contributed by atoms with Crippen LogP contribution in [-0.2, 0) is 16.3 Å². The van der Waals surface area contributed by atoms with Crippen molar-refractivity contribution in [3.63, 3.8) is 0 Å². The van der Waals surface area contributed by atoms with Crippen molar-refractivity contribution in [1.82, 2.24) is 30.1 Å². The van der Waals surface area contributed by atoms with Crippen LogP contribution in [0.25, 0.3) is 55.8 Å². The van der Waals surface area contributed by atoms with Crippen LogP contribution in [0, 0.1) is 5.82 Å². The van der Waals surface area contributed by atoms with Crippen LogP contribution in [0.2, 0.25) is 0 Å². The molecule has 0 unspecified atom stereocenters. The minimum absolute atomic E-state index is 0.0470. The van der Waals surface area contributed by atoms with Gasteiger partial charge in [0.25, 0.3) is 0 Å². The van der Waals surface area contributed by atoms with Gasteiger partial charge in [0.1, 0.15) is 21.3 Å². The molecule has 0 radical (unpaired) electrons. The fourth-order valence-corrected chi connectivity index (χ4v) is 5.02. The number of pyridine rings is 2. The number of rotatable bonds is 6. The van der Waals surface area contributed by atoms with Crippen molar-refractivity contribution in [3.05, 3.63) is 84.6 Å². The van der Waals surface area contributed by atoms with E-state index in [-0.39, 0.29) is 12.2 Å². The van der Waals surface area contributed by atoms with E-state index in [2.05, 4.69) is 25.1 Å². The highest BCUT2D eigenvalue weighted by atomic mass is 32.2. The highest BCUT2D eigenvalue weighted by Gasteiger charge is 2.17. The number of aromatic amines is 2. The molecule has 0 spiro atoms. The summed E-state index contributed by atoms with van der Waals surface area (Å²) in [5.41, 5.74) is 6.49. The molecule has 0 amide bonds. The maximum atomic E-state index is 14.5. The van der Waals surface area contributed by atoms with E-state index in [1.807, 2.05) is 42.5 Å². The monoisotopic (exact) mass is 512 g/mol. The van der Waals surface area contributed by atoms with Crippen molar-refractivity contribution in [2.24, 2.45) is 0 Å². The van der Waals surface area contributed by atoms with E-state index in [9.17, 15) is 12.8 Å². The Morgan fingerprint density at radius 1 is 0.973 bits per heavy atom. The SMILES string of the molecule is CS(=O)(=O)CCc1cc(F)cc(-c2cccc3[nH]c(-c4[nH]nc5ncc(-c6cccnc6)cc45)nc23)c1. The van der Waals surface area contributed by atoms with Gasteiger partial charge in [-0.1, -0.05) is 24.3 Å². The van der Waals surface area contributed by atoms with Crippen molar-refractivity contribution in [1.29, 1.82) is 0 Å². The molecule has 37 heavy (non-hydrogen) atoms. The second kappa shape index (κ2) is 8.90. The molecule has 0 fully saturated rings. The summed E-state index contributed by atoms with van der Waals surface area (Å²) in [5, 5.41) is 8.17. The molecular formula is C27H21FN6O2S. The Kier molecular flexibility index (Phi) is 5.53. The van der Waals surface area contributed by atoms with Gasteiger partial charge in [0.15, 0.2) is 11.5 Å². The minimum atomic E-state index is -3.17. The molecule has 4 heterocycles. The molecule has 0 aliphatic rings. The number of para-hydroxylation sites is 1. The first-order valence-corrected chi connectivity index (χ1v) is 13.6. The molecule has 8 nitrogen and oxygen atoms in total. The van der Waals surface area contributed by atoms with E-state index >= 15 is 0 Å². The van der Waals surface area contributed by atoms with Crippen LogP contribution in [0.3, 0.4) is 0 Å². The average Bonchev–Trinajstić information content (AvgIpc) is 3.51. The lowest BCUT2D eigenvalue weighted by Crippen LogP contribution is -2.06. The van der Waals surface area contributed by atoms with Gasteiger partial charge in [0, 0.05) is 41.5 Å². The number of aromatic nitrogens is 6. The molecule has 184 valence electrons.